The average Bonchev–Trinajstić information content (AvgIpc) is 2.89. The molecule has 0 spiro atoms. The number of nitrogens with one attached hydrogen (secondary N) is 2. The Bertz CT molecular complexity index is 1390. The number of morpholine rings is 1. The van der Waals surface area contributed by atoms with E-state index in [1.165, 1.54) is 27.8 Å². The largest absolute Gasteiger partial charge is 0.516 e. The zero-order chi connectivity index (χ0) is 29.7. The molecule has 1 heterocycles. The van der Waals surface area contributed by atoms with Crippen molar-refractivity contribution >= 4 is 56.9 Å². The van der Waals surface area contributed by atoms with Crippen molar-refractivity contribution in [3.05, 3.63) is 57.6 Å². The van der Waals surface area contributed by atoms with E-state index in [1.807, 2.05) is 0 Å². The highest BCUT2D eigenvalue weighted by atomic mass is 35.5. The summed E-state index contributed by atoms with van der Waals surface area (Å²) in [5.74, 6) is -1.65. The Kier molecular flexibility index (Phi) is 10.1. The van der Waals surface area contributed by atoms with E-state index in [0.29, 0.717) is 31.9 Å². The summed E-state index contributed by atoms with van der Waals surface area (Å²) in [4.78, 5) is 39.0. The molecule has 0 bridgehead atoms. The van der Waals surface area contributed by atoms with Crippen LogP contribution >= 0.6 is 23.2 Å². The maximum Gasteiger partial charge on any atom is 0.516 e. The van der Waals surface area contributed by atoms with Gasteiger partial charge in [0.05, 0.1) is 41.6 Å². The molecule has 3 rings (SSSR count). The van der Waals surface area contributed by atoms with Crippen LogP contribution in [0.25, 0.3) is 0 Å². The summed E-state index contributed by atoms with van der Waals surface area (Å²) < 4.78 is 77.0. The van der Waals surface area contributed by atoms with Crippen LogP contribution in [0, 0.1) is 0 Å². The number of halogens is 5. The second-order valence-electron chi connectivity index (χ2n) is 8.23. The number of nitrogens with zero attached hydrogens (tertiary/aromatic N) is 1. The van der Waals surface area contributed by atoms with Gasteiger partial charge in [-0.2, -0.15) is 21.6 Å². The molecule has 0 aromatic heterocycles. The van der Waals surface area contributed by atoms with E-state index in [-0.39, 0.29) is 22.8 Å². The maximum atomic E-state index is 12.8. The van der Waals surface area contributed by atoms with Gasteiger partial charge in [-0.15, -0.1) is 0 Å². The highest BCUT2D eigenvalue weighted by molar-refractivity contribution is 7.93. The van der Waals surface area contributed by atoms with Crippen LogP contribution in [0.1, 0.15) is 15.9 Å². The number of carbonyl (C=O) groups excluding carboxylic acids is 3. The molecule has 0 unspecified atom stereocenters. The summed E-state index contributed by atoms with van der Waals surface area (Å²) in [7, 11) is -4.61. The number of hydrogen-bond donors (Lipinski definition) is 2. The predicted molar refractivity (Wildman–Crippen MR) is 137 cm³/mol. The Morgan fingerprint density at radius 1 is 1.07 bits per heavy atom. The summed E-state index contributed by atoms with van der Waals surface area (Å²) in [6.45, 7) is 1.50. The molecule has 1 aliphatic rings. The van der Waals surface area contributed by atoms with E-state index >= 15 is 0 Å². The van der Waals surface area contributed by atoms with E-state index in [1.54, 1.807) is 0 Å². The fourth-order valence-corrected chi connectivity index (χ4v) is 4.50. The first-order chi connectivity index (χ1) is 18.7. The minimum atomic E-state index is -5.70. The van der Waals surface area contributed by atoms with Crippen molar-refractivity contribution < 1.29 is 50.2 Å². The molecule has 2 N–H and O–H groups in total. The summed E-state index contributed by atoms with van der Waals surface area (Å²) in [6.07, 6.45) is -0.719. The molecule has 1 aliphatic heterocycles. The Labute approximate surface area is 236 Å². The van der Waals surface area contributed by atoms with Crippen molar-refractivity contribution in [2.75, 3.05) is 38.1 Å². The van der Waals surface area contributed by atoms with Crippen molar-refractivity contribution in [3.8, 4) is 5.75 Å². The highest BCUT2D eigenvalue weighted by Crippen LogP contribution is 2.29. The average molecular weight is 628 g/mol. The lowest BCUT2D eigenvalue weighted by Crippen LogP contribution is -2.43. The molecule has 1 fully saturated rings. The van der Waals surface area contributed by atoms with Crippen LogP contribution in [0.3, 0.4) is 0 Å². The van der Waals surface area contributed by atoms with Gasteiger partial charge < -0.3 is 24.4 Å². The van der Waals surface area contributed by atoms with Gasteiger partial charge in [0, 0.05) is 19.5 Å². The number of carbonyl (C=O) groups is 3. The molecule has 1 atom stereocenters. The van der Waals surface area contributed by atoms with Crippen molar-refractivity contribution in [1.82, 2.24) is 10.2 Å². The smallest absolute Gasteiger partial charge is 0.467 e. The number of amides is 2. The van der Waals surface area contributed by atoms with Gasteiger partial charge in [0.25, 0.3) is 5.91 Å². The van der Waals surface area contributed by atoms with Crippen molar-refractivity contribution in [1.29, 1.82) is 0 Å². The molecular weight excluding hydrogens is 606 g/mol. The second-order valence-corrected chi connectivity index (χ2v) is 10.7. The van der Waals surface area contributed by atoms with Crippen LogP contribution in [0.15, 0.2) is 36.4 Å². The van der Waals surface area contributed by atoms with Crippen LogP contribution in [0.5, 0.6) is 5.75 Å². The standard InChI is InChI=1S/C23H22Cl2F3N3O8S/c1-37-21(33)18(11-13-2-5-19(17(25)10-13)39-22(34)31-6-8-38-9-7-31)29-20(32)15-4-3-14(12-16(15)24)30-40(35,36)23(26,27)28/h2-5,10,12,18,30H,6-9,11H2,1H3,(H,29,32)/t18-/m0/s1. The van der Waals surface area contributed by atoms with Gasteiger partial charge in [-0.1, -0.05) is 29.3 Å². The third kappa shape index (κ3) is 7.90. The fraction of sp³-hybridized carbons (Fsp3) is 0.348. The van der Waals surface area contributed by atoms with Gasteiger partial charge in [0.2, 0.25) is 0 Å². The van der Waals surface area contributed by atoms with Crippen LogP contribution in [0.4, 0.5) is 23.7 Å². The molecular formula is C23H22Cl2F3N3O8S. The van der Waals surface area contributed by atoms with Gasteiger partial charge in [-0.05, 0) is 35.9 Å². The minimum Gasteiger partial charge on any atom is -0.467 e. The summed E-state index contributed by atoms with van der Waals surface area (Å²) >= 11 is 12.3. The Hall–Kier alpha value is -3.27. The molecule has 11 nitrogen and oxygen atoms in total. The molecule has 40 heavy (non-hydrogen) atoms. The number of methoxy groups -OCH3 is 1. The van der Waals surface area contributed by atoms with Gasteiger partial charge in [-0.25, -0.2) is 9.59 Å². The first-order valence-corrected chi connectivity index (χ1v) is 13.6. The second kappa shape index (κ2) is 12.9. The highest BCUT2D eigenvalue weighted by Gasteiger charge is 2.46. The van der Waals surface area contributed by atoms with Crippen LogP contribution in [-0.2, 0) is 30.7 Å². The zero-order valence-corrected chi connectivity index (χ0v) is 22.9. The molecule has 2 aromatic rings. The number of esters is 1. The van der Waals surface area contributed by atoms with Crippen molar-refractivity contribution in [2.45, 2.75) is 18.0 Å². The molecule has 2 aromatic carbocycles. The first kappa shape index (κ1) is 31.3. The van der Waals surface area contributed by atoms with Gasteiger partial charge >= 0.3 is 27.6 Å². The normalized spacial score (nSPS) is 14.7. The van der Waals surface area contributed by atoms with Crippen LogP contribution < -0.4 is 14.8 Å². The van der Waals surface area contributed by atoms with Crippen molar-refractivity contribution in [2.24, 2.45) is 0 Å². The molecule has 17 heteroatoms. The molecule has 0 radical (unpaired) electrons. The van der Waals surface area contributed by atoms with Crippen LogP contribution in [0.2, 0.25) is 10.0 Å². The van der Waals surface area contributed by atoms with Gasteiger partial charge in [0.15, 0.2) is 5.75 Å². The quantitative estimate of drug-likeness (QED) is 0.423. The monoisotopic (exact) mass is 627 g/mol. The number of benzene rings is 2. The van der Waals surface area contributed by atoms with Gasteiger partial charge in [0.1, 0.15) is 6.04 Å². The number of ether oxygens (including phenoxy) is 3. The molecule has 218 valence electrons. The Morgan fingerprint density at radius 2 is 1.75 bits per heavy atom. The number of sulfonamides is 1. The maximum absolute atomic E-state index is 12.8. The summed E-state index contributed by atoms with van der Waals surface area (Å²) in [5.41, 5.74) is -5.90. The third-order valence-electron chi connectivity index (χ3n) is 5.46. The molecule has 0 saturated carbocycles. The Morgan fingerprint density at radius 3 is 2.33 bits per heavy atom. The number of alkyl halides is 3. The lowest BCUT2D eigenvalue weighted by Gasteiger charge is -2.26. The number of hydrogen-bond acceptors (Lipinski definition) is 8. The summed E-state index contributed by atoms with van der Waals surface area (Å²) in [5, 5.41) is 2.08. The Balaban J connectivity index is 1.71. The third-order valence-corrected chi connectivity index (χ3v) is 7.19. The van der Waals surface area contributed by atoms with E-state index in [4.69, 9.17) is 37.4 Å². The molecule has 0 aliphatic carbocycles. The summed E-state index contributed by atoms with van der Waals surface area (Å²) in [6, 6.07) is 5.80. The van der Waals surface area contributed by atoms with E-state index < -0.39 is 50.3 Å². The SMILES string of the molecule is COC(=O)[C@H](Cc1ccc(OC(=O)N2CCOCC2)c(Cl)c1)NC(=O)c1ccc(NS(=O)(=O)C(F)(F)F)cc1Cl. The minimum absolute atomic E-state index is 0.0639. The fourth-order valence-electron chi connectivity index (χ4n) is 3.44. The van der Waals surface area contributed by atoms with Crippen molar-refractivity contribution in [3.63, 3.8) is 0 Å². The number of anilines is 1. The molecule has 2 amide bonds. The van der Waals surface area contributed by atoms with E-state index in [2.05, 4.69) is 5.32 Å². The van der Waals surface area contributed by atoms with E-state index in [9.17, 15) is 36.0 Å². The molecule has 1 saturated heterocycles. The zero-order valence-electron chi connectivity index (χ0n) is 20.6. The van der Waals surface area contributed by atoms with E-state index in [0.717, 1.165) is 25.3 Å². The lowest BCUT2D eigenvalue weighted by molar-refractivity contribution is -0.142. The lowest BCUT2D eigenvalue weighted by atomic mass is 10.0. The topological polar surface area (TPSA) is 140 Å². The van der Waals surface area contributed by atoms with Gasteiger partial charge in [-0.3, -0.25) is 9.52 Å². The number of rotatable bonds is 8. The predicted octanol–water partition coefficient (Wildman–Crippen LogP) is 3.60. The van der Waals surface area contributed by atoms with Crippen LogP contribution in [-0.4, -0.2) is 76.3 Å². The first-order valence-electron chi connectivity index (χ1n) is 11.3.